The number of nitrogen functional groups attached to an aromatic ring is 1. The zero-order chi connectivity index (χ0) is 19.7. The van der Waals surface area contributed by atoms with Gasteiger partial charge in [-0.05, 0) is 42.8 Å². The number of benzene rings is 1. The normalized spacial score (nSPS) is 10.9. The summed E-state index contributed by atoms with van der Waals surface area (Å²) in [5.41, 5.74) is 9.65. The minimum absolute atomic E-state index is 0.159. The zero-order valence-corrected chi connectivity index (χ0v) is 15.1. The quantitative estimate of drug-likeness (QED) is 0.504. The summed E-state index contributed by atoms with van der Waals surface area (Å²) in [6.45, 7) is 2.08. The number of carbonyl (C=O) groups is 1. The summed E-state index contributed by atoms with van der Waals surface area (Å²) in [4.78, 5) is 25.4. The fourth-order valence-corrected chi connectivity index (χ4v) is 3.05. The number of amides is 1. The lowest BCUT2D eigenvalue weighted by Gasteiger charge is -2.08. The molecule has 0 radical (unpaired) electrons. The molecule has 3 aromatic heterocycles. The third kappa shape index (κ3) is 3.35. The molecular weight excluding hydrogens is 356 g/mol. The predicted molar refractivity (Wildman–Crippen MR) is 105 cm³/mol. The molecule has 4 N–H and O–H groups in total. The van der Waals surface area contributed by atoms with Gasteiger partial charge in [-0.3, -0.25) is 9.20 Å². The van der Waals surface area contributed by atoms with E-state index >= 15 is 0 Å². The Bertz CT molecular complexity index is 1180. The van der Waals surface area contributed by atoms with Crippen LogP contribution in [0.15, 0.2) is 54.9 Å². The average molecular weight is 374 g/mol. The number of fused-ring (bicyclic) bond motifs is 1. The van der Waals surface area contributed by atoms with Crippen molar-refractivity contribution >= 4 is 17.5 Å². The van der Waals surface area contributed by atoms with E-state index in [2.05, 4.69) is 20.3 Å². The number of aryl methyl sites for hydroxylation is 1. The molecule has 0 aliphatic carbocycles. The number of aromatic hydroxyl groups is 1. The van der Waals surface area contributed by atoms with Crippen molar-refractivity contribution in [2.45, 2.75) is 13.5 Å². The maximum absolute atomic E-state index is 12.8. The van der Waals surface area contributed by atoms with Crippen molar-refractivity contribution in [3.8, 4) is 17.0 Å². The molecular formula is C20H18N6O2. The van der Waals surface area contributed by atoms with Gasteiger partial charge < -0.3 is 16.2 Å². The van der Waals surface area contributed by atoms with Crippen LogP contribution in [-0.2, 0) is 6.54 Å². The highest BCUT2D eigenvalue weighted by Crippen LogP contribution is 2.21. The van der Waals surface area contributed by atoms with Crippen LogP contribution < -0.4 is 11.1 Å². The molecule has 0 aliphatic rings. The van der Waals surface area contributed by atoms with Crippen molar-refractivity contribution in [1.29, 1.82) is 0 Å². The van der Waals surface area contributed by atoms with Crippen molar-refractivity contribution in [3.05, 3.63) is 71.8 Å². The van der Waals surface area contributed by atoms with Crippen molar-refractivity contribution in [1.82, 2.24) is 24.7 Å². The van der Waals surface area contributed by atoms with Gasteiger partial charge in [0, 0.05) is 24.5 Å². The summed E-state index contributed by atoms with van der Waals surface area (Å²) in [6, 6.07) is 12.2. The van der Waals surface area contributed by atoms with Gasteiger partial charge in [-0.25, -0.2) is 15.0 Å². The first kappa shape index (κ1) is 17.5. The van der Waals surface area contributed by atoms with E-state index in [0.29, 0.717) is 29.3 Å². The van der Waals surface area contributed by atoms with Gasteiger partial charge in [-0.1, -0.05) is 12.1 Å². The second kappa shape index (κ2) is 6.99. The molecule has 1 aromatic carbocycles. The van der Waals surface area contributed by atoms with Gasteiger partial charge in [-0.2, -0.15) is 0 Å². The van der Waals surface area contributed by atoms with E-state index in [-0.39, 0.29) is 17.6 Å². The number of pyridine rings is 1. The number of nitrogens with zero attached hydrogens (tertiary/aromatic N) is 4. The van der Waals surface area contributed by atoms with E-state index in [1.165, 1.54) is 0 Å². The summed E-state index contributed by atoms with van der Waals surface area (Å²) in [6.07, 6.45) is 3.39. The lowest BCUT2D eigenvalue weighted by Crippen LogP contribution is -2.25. The highest BCUT2D eigenvalue weighted by molar-refractivity contribution is 5.94. The Morgan fingerprint density at radius 2 is 2.07 bits per heavy atom. The molecule has 28 heavy (non-hydrogen) atoms. The number of carbonyl (C=O) groups excluding carboxylic acids is 1. The van der Waals surface area contributed by atoms with Crippen molar-refractivity contribution in [3.63, 3.8) is 0 Å². The van der Waals surface area contributed by atoms with Crippen LogP contribution in [-0.4, -0.2) is 30.4 Å². The van der Waals surface area contributed by atoms with Crippen LogP contribution in [0.25, 0.3) is 16.9 Å². The molecule has 0 atom stereocenters. The number of nitrogens with one attached hydrogen (secondary N) is 1. The maximum atomic E-state index is 12.8. The topological polar surface area (TPSA) is 118 Å². The van der Waals surface area contributed by atoms with Crippen LogP contribution in [0, 0.1) is 6.92 Å². The van der Waals surface area contributed by atoms with Gasteiger partial charge in [0.1, 0.15) is 17.1 Å². The van der Waals surface area contributed by atoms with E-state index in [1.54, 1.807) is 48.0 Å². The largest absolute Gasteiger partial charge is 0.508 e. The molecule has 4 rings (SSSR count). The van der Waals surface area contributed by atoms with Gasteiger partial charge in [0.15, 0.2) is 0 Å². The van der Waals surface area contributed by atoms with Crippen LogP contribution in [0.2, 0.25) is 0 Å². The van der Waals surface area contributed by atoms with Crippen LogP contribution in [0.1, 0.15) is 21.7 Å². The van der Waals surface area contributed by atoms with Gasteiger partial charge >= 0.3 is 0 Å². The van der Waals surface area contributed by atoms with E-state index < -0.39 is 0 Å². The molecule has 0 spiro atoms. The Balaban J connectivity index is 1.67. The van der Waals surface area contributed by atoms with E-state index in [4.69, 9.17) is 5.73 Å². The second-order valence-electron chi connectivity index (χ2n) is 6.34. The molecule has 4 aromatic rings. The minimum atomic E-state index is -0.257. The van der Waals surface area contributed by atoms with E-state index in [9.17, 15) is 9.90 Å². The predicted octanol–water partition coefficient (Wildman–Crippen LogP) is 2.32. The Kier molecular flexibility index (Phi) is 4.36. The molecule has 8 nitrogen and oxygen atoms in total. The molecule has 0 unspecified atom stereocenters. The maximum Gasteiger partial charge on any atom is 0.270 e. The summed E-state index contributed by atoms with van der Waals surface area (Å²) in [5.74, 6) is 0.0858. The summed E-state index contributed by atoms with van der Waals surface area (Å²) < 4.78 is 1.74. The standard InChI is InChI=1S/C20H18N6O2/c1-12-18(19(28)23-10-13-3-2-4-15(27)9-13)26-11-14(5-6-17(26)24-12)16-7-8-22-20(21)25-16/h2-9,11,27H,10H2,1H3,(H,23,28)(H2,21,22,25). The smallest absolute Gasteiger partial charge is 0.270 e. The average Bonchev–Trinajstić information content (AvgIpc) is 3.01. The van der Waals surface area contributed by atoms with Gasteiger partial charge in [0.05, 0.1) is 11.4 Å². The fraction of sp³-hybridized carbons (Fsp3) is 0.100. The molecule has 0 saturated carbocycles. The highest BCUT2D eigenvalue weighted by Gasteiger charge is 2.17. The first-order valence-electron chi connectivity index (χ1n) is 8.65. The SMILES string of the molecule is Cc1nc2ccc(-c3ccnc(N)n3)cn2c1C(=O)NCc1cccc(O)c1. The molecule has 140 valence electrons. The highest BCUT2D eigenvalue weighted by atomic mass is 16.3. The van der Waals surface area contributed by atoms with Crippen LogP contribution >= 0.6 is 0 Å². The first-order valence-corrected chi connectivity index (χ1v) is 8.65. The molecule has 1 amide bonds. The molecule has 0 bridgehead atoms. The molecule has 8 heteroatoms. The van der Waals surface area contributed by atoms with E-state index in [0.717, 1.165) is 11.1 Å². The number of hydrogen-bond acceptors (Lipinski definition) is 6. The van der Waals surface area contributed by atoms with Gasteiger partial charge in [-0.15, -0.1) is 0 Å². The summed E-state index contributed by atoms with van der Waals surface area (Å²) in [7, 11) is 0. The monoisotopic (exact) mass is 374 g/mol. The fourth-order valence-electron chi connectivity index (χ4n) is 3.05. The summed E-state index contributed by atoms with van der Waals surface area (Å²) in [5, 5.41) is 12.4. The number of nitrogens with two attached hydrogens (primary N) is 1. The van der Waals surface area contributed by atoms with Crippen molar-refractivity contribution in [2.75, 3.05) is 5.73 Å². The van der Waals surface area contributed by atoms with Gasteiger partial charge in [0.25, 0.3) is 5.91 Å². The lowest BCUT2D eigenvalue weighted by molar-refractivity contribution is 0.0944. The molecule has 3 heterocycles. The Morgan fingerprint density at radius 3 is 2.86 bits per heavy atom. The number of rotatable bonds is 4. The first-order chi connectivity index (χ1) is 13.5. The second-order valence-corrected chi connectivity index (χ2v) is 6.34. The Morgan fingerprint density at radius 1 is 1.21 bits per heavy atom. The third-order valence-electron chi connectivity index (χ3n) is 4.34. The summed E-state index contributed by atoms with van der Waals surface area (Å²) >= 11 is 0. The molecule has 0 saturated heterocycles. The van der Waals surface area contributed by atoms with Gasteiger partial charge in [0.2, 0.25) is 5.95 Å². The van der Waals surface area contributed by atoms with Crippen molar-refractivity contribution < 1.29 is 9.90 Å². The van der Waals surface area contributed by atoms with E-state index in [1.807, 2.05) is 18.2 Å². The van der Waals surface area contributed by atoms with Crippen LogP contribution in [0.3, 0.4) is 0 Å². The number of phenols is 1. The number of aromatic nitrogens is 4. The minimum Gasteiger partial charge on any atom is -0.508 e. The lowest BCUT2D eigenvalue weighted by atomic mass is 10.2. The number of anilines is 1. The Hall–Kier alpha value is -3.94. The van der Waals surface area contributed by atoms with Crippen molar-refractivity contribution in [2.24, 2.45) is 0 Å². The van der Waals surface area contributed by atoms with Crippen LogP contribution in [0.5, 0.6) is 5.75 Å². The number of hydrogen-bond donors (Lipinski definition) is 3. The Labute approximate surface area is 160 Å². The molecule has 0 aliphatic heterocycles. The number of imidazole rings is 1. The zero-order valence-electron chi connectivity index (χ0n) is 15.1. The third-order valence-corrected chi connectivity index (χ3v) is 4.34. The van der Waals surface area contributed by atoms with Crippen LogP contribution in [0.4, 0.5) is 5.95 Å². The molecule has 0 fully saturated rings. The number of phenolic OH excluding ortho intramolecular Hbond substituents is 1.